The highest BCUT2D eigenvalue weighted by atomic mass is 16.5. The second kappa shape index (κ2) is 11.9. The van der Waals surface area contributed by atoms with Crippen LogP contribution in [0.5, 0.6) is 0 Å². The predicted molar refractivity (Wildman–Crippen MR) is 137 cm³/mol. The number of methoxy groups -OCH3 is 1. The minimum atomic E-state index is -0.495. The maximum absolute atomic E-state index is 12.8. The summed E-state index contributed by atoms with van der Waals surface area (Å²) in [6.45, 7) is 8.54. The zero-order valence-electron chi connectivity index (χ0n) is 21.5. The predicted octanol–water partition coefficient (Wildman–Crippen LogP) is 3.03. The number of aromatic nitrogens is 3. The van der Waals surface area contributed by atoms with Gasteiger partial charge in [-0.25, -0.2) is 14.5 Å². The van der Waals surface area contributed by atoms with E-state index in [0.29, 0.717) is 17.6 Å². The molecule has 0 saturated carbocycles. The fourth-order valence-electron chi connectivity index (χ4n) is 4.36. The van der Waals surface area contributed by atoms with Gasteiger partial charge >= 0.3 is 5.97 Å². The quantitative estimate of drug-likeness (QED) is 0.427. The first kappa shape index (κ1) is 26.3. The number of hydrogen-bond donors (Lipinski definition) is 1. The van der Waals surface area contributed by atoms with Gasteiger partial charge in [-0.3, -0.25) is 9.79 Å². The largest absolute Gasteiger partial charge is 0.461 e. The van der Waals surface area contributed by atoms with Gasteiger partial charge in [-0.1, -0.05) is 13.8 Å². The molecule has 0 spiro atoms. The van der Waals surface area contributed by atoms with Crippen molar-refractivity contribution in [1.29, 1.82) is 0 Å². The third-order valence-electron chi connectivity index (χ3n) is 6.09. The van der Waals surface area contributed by atoms with Crippen LogP contribution in [0.4, 0.5) is 17.3 Å². The molecule has 0 aromatic carbocycles. The van der Waals surface area contributed by atoms with E-state index in [1.807, 2.05) is 0 Å². The van der Waals surface area contributed by atoms with Gasteiger partial charge in [0.15, 0.2) is 11.5 Å². The minimum Gasteiger partial charge on any atom is -0.461 e. The van der Waals surface area contributed by atoms with Crippen molar-refractivity contribution in [3.05, 3.63) is 39.8 Å². The molecule has 3 heterocycles. The molecule has 1 saturated heterocycles. The number of aliphatic imine (C=N–C) groups is 1. The normalized spacial score (nSPS) is 14.9. The smallest absolute Gasteiger partial charge is 0.357 e. The Labute approximate surface area is 206 Å². The Morgan fingerprint density at radius 2 is 2.00 bits per heavy atom. The summed E-state index contributed by atoms with van der Waals surface area (Å²) in [6.07, 6.45) is 1.96. The number of carbonyl (C=O) groups excluding carboxylic acids is 1. The zero-order valence-corrected chi connectivity index (χ0v) is 21.5. The lowest BCUT2D eigenvalue weighted by atomic mass is 9.94. The third-order valence-corrected chi connectivity index (χ3v) is 6.09. The van der Waals surface area contributed by atoms with E-state index in [1.54, 1.807) is 40.3 Å². The van der Waals surface area contributed by atoms with E-state index in [9.17, 15) is 9.59 Å². The number of rotatable bonds is 9. The molecule has 2 aromatic rings. The highest BCUT2D eigenvalue weighted by Crippen LogP contribution is 2.34. The molecule has 10 heteroatoms. The molecule has 3 rings (SSSR count). The average Bonchev–Trinajstić information content (AvgIpc) is 2.83. The van der Waals surface area contributed by atoms with Crippen molar-refractivity contribution >= 4 is 29.0 Å². The van der Waals surface area contributed by atoms with Crippen LogP contribution in [0, 0.1) is 11.8 Å². The Morgan fingerprint density at radius 3 is 2.57 bits per heavy atom. The van der Waals surface area contributed by atoms with E-state index in [0.717, 1.165) is 49.5 Å². The first-order valence-electron chi connectivity index (χ1n) is 12.0. The second-order valence-electron chi connectivity index (χ2n) is 8.93. The molecular weight excluding hydrogens is 448 g/mol. The Bertz CT molecular complexity index is 1120. The molecule has 0 radical (unpaired) electrons. The lowest BCUT2D eigenvalue weighted by molar-refractivity contribution is 0.0519. The summed E-state index contributed by atoms with van der Waals surface area (Å²) in [7, 11) is 5.08. The van der Waals surface area contributed by atoms with Gasteiger partial charge < -0.3 is 19.7 Å². The molecule has 190 valence electrons. The number of anilines is 3. The fourth-order valence-corrected chi connectivity index (χ4v) is 4.36. The second-order valence-corrected chi connectivity index (χ2v) is 8.93. The van der Waals surface area contributed by atoms with Crippen LogP contribution in [-0.4, -0.2) is 66.9 Å². The molecule has 35 heavy (non-hydrogen) atoms. The summed E-state index contributed by atoms with van der Waals surface area (Å²) in [5.41, 5.74) is 2.53. The van der Waals surface area contributed by atoms with E-state index >= 15 is 0 Å². The molecule has 0 aliphatic carbocycles. The van der Waals surface area contributed by atoms with Gasteiger partial charge in [0.05, 0.1) is 23.6 Å². The van der Waals surface area contributed by atoms with Gasteiger partial charge in [0.25, 0.3) is 5.56 Å². The first-order valence-corrected chi connectivity index (χ1v) is 12.0. The van der Waals surface area contributed by atoms with Crippen LogP contribution in [0.1, 0.15) is 49.7 Å². The molecule has 0 amide bonds. The minimum absolute atomic E-state index is 0.105. The van der Waals surface area contributed by atoms with Crippen molar-refractivity contribution < 1.29 is 14.3 Å². The van der Waals surface area contributed by atoms with Crippen molar-refractivity contribution in [2.45, 2.75) is 33.6 Å². The van der Waals surface area contributed by atoms with E-state index < -0.39 is 5.97 Å². The molecule has 1 aliphatic heterocycles. The molecule has 0 atom stereocenters. The number of esters is 1. The van der Waals surface area contributed by atoms with Gasteiger partial charge in [0.2, 0.25) is 0 Å². The van der Waals surface area contributed by atoms with Gasteiger partial charge in [-0.2, -0.15) is 5.10 Å². The van der Waals surface area contributed by atoms with E-state index in [2.05, 4.69) is 39.1 Å². The summed E-state index contributed by atoms with van der Waals surface area (Å²) in [5.74, 6) is 0.998. The lowest BCUT2D eigenvalue weighted by Crippen LogP contribution is -2.36. The topological polar surface area (TPSA) is 111 Å². The van der Waals surface area contributed by atoms with Crippen molar-refractivity contribution in [3.8, 4) is 0 Å². The van der Waals surface area contributed by atoms with Crippen molar-refractivity contribution in [3.63, 3.8) is 0 Å². The molecule has 0 bridgehead atoms. The number of carbonyl (C=O) groups is 1. The van der Waals surface area contributed by atoms with Crippen LogP contribution in [0.2, 0.25) is 0 Å². The number of piperidine rings is 1. The van der Waals surface area contributed by atoms with Gasteiger partial charge in [-0.05, 0) is 43.7 Å². The zero-order chi connectivity index (χ0) is 25.5. The third kappa shape index (κ3) is 6.25. The summed E-state index contributed by atoms with van der Waals surface area (Å²) >= 11 is 0. The summed E-state index contributed by atoms with van der Waals surface area (Å²) < 4.78 is 11.9. The molecule has 1 fully saturated rings. The maximum atomic E-state index is 12.8. The number of hydrogen-bond acceptors (Lipinski definition) is 9. The molecular formula is C25H36N6O4. The van der Waals surface area contributed by atoms with E-state index in [-0.39, 0.29) is 23.8 Å². The Balaban J connectivity index is 2.17. The molecule has 2 aromatic heterocycles. The molecule has 0 unspecified atom stereocenters. The van der Waals surface area contributed by atoms with Crippen molar-refractivity contribution in [2.24, 2.45) is 23.9 Å². The average molecular weight is 485 g/mol. The Kier molecular flexibility index (Phi) is 8.97. The number of ether oxygens (including phenoxy) is 2. The summed E-state index contributed by atoms with van der Waals surface area (Å²) in [6, 6.07) is 4.83. The van der Waals surface area contributed by atoms with Crippen LogP contribution in [0.25, 0.3) is 0 Å². The van der Waals surface area contributed by atoms with E-state index in [4.69, 9.17) is 9.47 Å². The first-order chi connectivity index (χ1) is 16.8. The Morgan fingerprint density at radius 1 is 1.29 bits per heavy atom. The van der Waals surface area contributed by atoms with Crippen LogP contribution < -0.4 is 15.8 Å². The van der Waals surface area contributed by atoms with Crippen LogP contribution in [0.15, 0.2) is 28.0 Å². The van der Waals surface area contributed by atoms with Crippen LogP contribution in [-0.2, 0) is 16.5 Å². The molecule has 1 N–H and O–H groups in total. The van der Waals surface area contributed by atoms with Gasteiger partial charge in [0, 0.05) is 47.0 Å². The summed E-state index contributed by atoms with van der Waals surface area (Å²) in [5, 5.41) is 7.53. The standard InChI is InChI=1S/C25H36N6O4/c1-7-35-25(33)18-14-19(31-12-10-17(11-13-31)15-34-6)22(23(26-4)16(2)3)24(27-18)28-20-8-9-21(32)30(5)29-20/h8-9,14,16-17H,7,10-13,15H2,1-6H3,(H,27,28,29). The fraction of sp³-hybridized carbons (Fsp3) is 0.560. The van der Waals surface area contributed by atoms with Crippen molar-refractivity contribution in [1.82, 2.24) is 14.8 Å². The maximum Gasteiger partial charge on any atom is 0.357 e. The van der Waals surface area contributed by atoms with Crippen LogP contribution >= 0.6 is 0 Å². The number of pyridine rings is 1. The van der Waals surface area contributed by atoms with Gasteiger partial charge in [-0.15, -0.1) is 0 Å². The number of nitrogens with one attached hydrogen (secondary N) is 1. The Hall–Kier alpha value is -3.27. The number of aryl methyl sites for hydroxylation is 1. The van der Waals surface area contributed by atoms with Crippen LogP contribution in [0.3, 0.4) is 0 Å². The highest BCUT2D eigenvalue weighted by Gasteiger charge is 2.28. The summed E-state index contributed by atoms with van der Waals surface area (Å²) in [4.78, 5) is 36.1. The number of nitrogens with zero attached hydrogens (tertiary/aromatic N) is 5. The lowest BCUT2D eigenvalue weighted by Gasteiger charge is -2.35. The monoisotopic (exact) mass is 484 g/mol. The molecule has 10 nitrogen and oxygen atoms in total. The van der Waals surface area contributed by atoms with Gasteiger partial charge in [0.1, 0.15) is 5.82 Å². The van der Waals surface area contributed by atoms with E-state index in [1.165, 1.54) is 10.7 Å². The van der Waals surface area contributed by atoms with Crippen molar-refractivity contribution in [2.75, 3.05) is 50.7 Å². The SMILES string of the molecule is CCOC(=O)c1cc(N2CCC(COC)CC2)c(C(=NC)C(C)C)c(Nc2ccc(=O)n(C)n2)n1. The highest BCUT2D eigenvalue weighted by molar-refractivity contribution is 6.11. The molecule has 1 aliphatic rings.